The van der Waals surface area contributed by atoms with Crippen LogP contribution in [-0.2, 0) is 14.8 Å². The first-order valence-electron chi connectivity index (χ1n) is 5.64. The SMILES string of the molecule is CCCS(=O)(=O)N1CCC2(CC1)COC2. The summed E-state index contributed by atoms with van der Waals surface area (Å²) >= 11 is 0. The van der Waals surface area contributed by atoms with Crippen molar-refractivity contribution in [1.82, 2.24) is 4.31 Å². The molecule has 0 aliphatic carbocycles. The predicted octanol–water partition coefficient (Wildman–Crippen LogP) is 0.839. The minimum atomic E-state index is -2.98. The van der Waals surface area contributed by atoms with Crippen LogP contribution in [0.4, 0.5) is 0 Å². The number of hydrogen-bond acceptors (Lipinski definition) is 3. The zero-order valence-corrected chi connectivity index (χ0v) is 10.1. The van der Waals surface area contributed by atoms with Crippen LogP contribution in [0.25, 0.3) is 0 Å². The summed E-state index contributed by atoms with van der Waals surface area (Å²) in [5, 5.41) is 0. The number of rotatable bonds is 3. The number of nitrogens with zero attached hydrogens (tertiary/aromatic N) is 1. The van der Waals surface area contributed by atoms with Crippen LogP contribution in [0.15, 0.2) is 0 Å². The highest BCUT2D eigenvalue weighted by molar-refractivity contribution is 7.89. The maximum atomic E-state index is 11.8. The summed E-state index contributed by atoms with van der Waals surface area (Å²) in [5.41, 5.74) is 0.318. The molecule has 0 atom stereocenters. The Labute approximate surface area is 91.6 Å². The fourth-order valence-corrected chi connectivity index (χ4v) is 3.82. The van der Waals surface area contributed by atoms with Gasteiger partial charge in [0.15, 0.2) is 0 Å². The summed E-state index contributed by atoms with van der Waals surface area (Å²) in [6, 6.07) is 0. The van der Waals surface area contributed by atoms with Crippen LogP contribution in [0, 0.1) is 5.41 Å². The van der Waals surface area contributed by atoms with Crippen LogP contribution >= 0.6 is 0 Å². The van der Waals surface area contributed by atoms with Gasteiger partial charge in [-0.25, -0.2) is 12.7 Å². The Hall–Kier alpha value is -0.130. The summed E-state index contributed by atoms with van der Waals surface area (Å²) in [4.78, 5) is 0. The average molecular weight is 233 g/mol. The lowest BCUT2D eigenvalue weighted by Gasteiger charge is -2.46. The van der Waals surface area contributed by atoms with E-state index in [1.54, 1.807) is 4.31 Å². The van der Waals surface area contributed by atoms with Gasteiger partial charge in [-0.3, -0.25) is 0 Å². The standard InChI is InChI=1S/C10H19NO3S/c1-2-7-15(12,13)11-5-3-10(4-6-11)8-14-9-10/h2-9H2,1H3. The van der Waals surface area contributed by atoms with Crippen LogP contribution in [0.3, 0.4) is 0 Å². The van der Waals surface area contributed by atoms with Crippen molar-refractivity contribution >= 4 is 10.0 Å². The van der Waals surface area contributed by atoms with Gasteiger partial charge in [0.25, 0.3) is 0 Å². The molecule has 2 saturated heterocycles. The molecule has 0 aromatic heterocycles. The molecule has 0 N–H and O–H groups in total. The van der Waals surface area contributed by atoms with Crippen molar-refractivity contribution in [1.29, 1.82) is 0 Å². The molecule has 2 rings (SSSR count). The largest absolute Gasteiger partial charge is 0.380 e. The Morgan fingerprint density at radius 3 is 2.27 bits per heavy atom. The third kappa shape index (κ3) is 2.19. The van der Waals surface area contributed by atoms with E-state index in [1.807, 2.05) is 6.92 Å². The Morgan fingerprint density at radius 1 is 1.27 bits per heavy atom. The van der Waals surface area contributed by atoms with Gasteiger partial charge in [0.1, 0.15) is 0 Å². The van der Waals surface area contributed by atoms with Crippen LogP contribution in [-0.4, -0.2) is 44.8 Å². The quantitative estimate of drug-likeness (QED) is 0.725. The van der Waals surface area contributed by atoms with Gasteiger partial charge >= 0.3 is 0 Å². The molecular weight excluding hydrogens is 214 g/mol. The first-order chi connectivity index (χ1) is 7.08. The lowest BCUT2D eigenvalue weighted by molar-refractivity contribution is -0.133. The third-order valence-electron chi connectivity index (χ3n) is 3.46. The zero-order chi connectivity index (χ0) is 10.9. The highest BCUT2D eigenvalue weighted by atomic mass is 32.2. The molecular formula is C10H19NO3S. The second-order valence-corrected chi connectivity index (χ2v) is 6.80. The van der Waals surface area contributed by atoms with Crippen molar-refractivity contribution in [3.8, 4) is 0 Å². The number of sulfonamides is 1. The molecule has 15 heavy (non-hydrogen) atoms. The van der Waals surface area contributed by atoms with E-state index in [0.717, 1.165) is 26.1 Å². The monoisotopic (exact) mass is 233 g/mol. The van der Waals surface area contributed by atoms with Crippen molar-refractivity contribution in [2.24, 2.45) is 5.41 Å². The summed E-state index contributed by atoms with van der Waals surface area (Å²) < 4.78 is 30.5. The first-order valence-corrected chi connectivity index (χ1v) is 7.24. The Kier molecular flexibility index (Phi) is 3.05. The minimum Gasteiger partial charge on any atom is -0.380 e. The molecule has 0 unspecified atom stereocenters. The highest BCUT2D eigenvalue weighted by Gasteiger charge is 2.43. The van der Waals surface area contributed by atoms with Crippen LogP contribution in [0.2, 0.25) is 0 Å². The van der Waals surface area contributed by atoms with Gasteiger partial charge in [-0.2, -0.15) is 0 Å². The molecule has 0 amide bonds. The van der Waals surface area contributed by atoms with Crippen molar-refractivity contribution in [3.05, 3.63) is 0 Å². The summed E-state index contributed by atoms with van der Waals surface area (Å²) in [5.74, 6) is 0.288. The molecule has 0 bridgehead atoms. The number of ether oxygens (including phenoxy) is 1. The lowest BCUT2D eigenvalue weighted by Crippen LogP contribution is -2.52. The van der Waals surface area contributed by atoms with Crippen molar-refractivity contribution in [3.63, 3.8) is 0 Å². The van der Waals surface area contributed by atoms with E-state index in [9.17, 15) is 8.42 Å². The maximum Gasteiger partial charge on any atom is 0.214 e. The van der Waals surface area contributed by atoms with Gasteiger partial charge in [0.2, 0.25) is 10.0 Å². The average Bonchev–Trinajstić information content (AvgIpc) is 2.15. The van der Waals surface area contributed by atoms with Gasteiger partial charge in [-0.05, 0) is 19.3 Å². The molecule has 5 heteroatoms. The van der Waals surface area contributed by atoms with Gasteiger partial charge in [0, 0.05) is 18.5 Å². The molecule has 2 fully saturated rings. The van der Waals surface area contributed by atoms with Crippen molar-refractivity contribution < 1.29 is 13.2 Å². The number of hydrogen-bond donors (Lipinski definition) is 0. The van der Waals surface area contributed by atoms with E-state index in [4.69, 9.17) is 4.74 Å². The van der Waals surface area contributed by atoms with E-state index in [2.05, 4.69) is 0 Å². The van der Waals surface area contributed by atoms with Crippen molar-refractivity contribution in [2.45, 2.75) is 26.2 Å². The topological polar surface area (TPSA) is 46.6 Å². The molecule has 0 saturated carbocycles. The van der Waals surface area contributed by atoms with Gasteiger partial charge in [-0.15, -0.1) is 0 Å². The smallest absolute Gasteiger partial charge is 0.214 e. The van der Waals surface area contributed by atoms with E-state index in [1.165, 1.54) is 0 Å². The van der Waals surface area contributed by atoms with Gasteiger partial charge in [0.05, 0.1) is 19.0 Å². The molecule has 0 radical (unpaired) electrons. The summed E-state index contributed by atoms with van der Waals surface area (Å²) in [6.45, 7) is 4.93. The van der Waals surface area contributed by atoms with Gasteiger partial charge in [-0.1, -0.05) is 6.92 Å². The van der Waals surface area contributed by atoms with E-state index >= 15 is 0 Å². The molecule has 4 nitrogen and oxygen atoms in total. The molecule has 2 aliphatic rings. The molecule has 0 aromatic carbocycles. The summed E-state index contributed by atoms with van der Waals surface area (Å²) in [7, 11) is -2.98. The first kappa shape index (κ1) is 11.4. The zero-order valence-electron chi connectivity index (χ0n) is 9.24. The van der Waals surface area contributed by atoms with E-state index < -0.39 is 10.0 Å². The third-order valence-corrected chi connectivity index (χ3v) is 5.53. The fourth-order valence-electron chi connectivity index (χ4n) is 2.31. The van der Waals surface area contributed by atoms with Crippen molar-refractivity contribution in [2.75, 3.05) is 32.1 Å². The Balaban J connectivity index is 1.92. The minimum absolute atomic E-state index is 0.288. The Bertz CT molecular complexity index is 312. The molecule has 88 valence electrons. The molecule has 0 aromatic rings. The molecule has 2 aliphatic heterocycles. The normalized spacial score (nSPS) is 26.5. The Morgan fingerprint density at radius 2 is 1.87 bits per heavy atom. The van der Waals surface area contributed by atoms with E-state index in [-0.39, 0.29) is 5.75 Å². The van der Waals surface area contributed by atoms with Gasteiger partial charge < -0.3 is 4.74 Å². The second-order valence-electron chi connectivity index (χ2n) is 4.71. The number of piperidine rings is 1. The second kappa shape index (κ2) is 4.03. The highest BCUT2D eigenvalue weighted by Crippen LogP contribution is 2.38. The van der Waals surface area contributed by atoms with Crippen LogP contribution < -0.4 is 0 Å². The lowest BCUT2D eigenvalue weighted by atomic mass is 9.77. The van der Waals surface area contributed by atoms with Crippen LogP contribution in [0.5, 0.6) is 0 Å². The summed E-state index contributed by atoms with van der Waals surface area (Å²) in [6.07, 6.45) is 2.64. The van der Waals surface area contributed by atoms with Crippen LogP contribution in [0.1, 0.15) is 26.2 Å². The predicted molar refractivity (Wildman–Crippen MR) is 58.1 cm³/mol. The van der Waals surface area contributed by atoms with E-state index in [0.29, 0.717) is 24.9 Å². The molecule has 1 spiro atoms. The fraction of sp³-hybridized carbons (Fsp3) is 1.00. The molecule has 2 heterocycles. The maximum absolute atomic E-state index is 11.8.